The molecule has 0 unspecified atom stereocenters. The van der Waals surface area contributed by atoms with Gasteiger partial charge >= 0.3 is 0 Å². The van der Waals surface area contributed by atoms with Gasteiger partial charge in [0.25, 0.3) is 0 Å². The summed E-state index contributed by atoms with van der Waals surface area (Å²) in [6, 6.07) is 10.8. The first-order valence-corrected chi connectivity index (χ1v) is 6.91. The van der Waals surface area contributed by atoms with Gasteiger partial charge in [0, 0.05) is 5.56 Å². The topological polar surface area (TPSA) is 111 Å². The van der Waals surface area contributed by atoms with Crippen LogP contribution in [0.15, 0.2) is 46.4 Å². The highest BCUT2D eigenvalue weighted by atomic mass is 16.3. The summed E-state index contributed by atoms with van der Waals surface area (Å²) in [6.45, 7) is 3.61. The number of nitrogens with zero attached hydrogens (tertiary/aromatic N) is 2. The van der Waals surface area contributed by atoms with Crippen LogP contribution in [-0.2, 0) is 0 Å². The molecule has 2 aromatic carbocycles. The molecule has 6 nitrogen and oxygen atoms in total. The number of phenols is 2. The van der Waals surface area contributed by atoms with Gasteiger partial charge in [-0.1, -0.05) is 6.07 Å². The average molecular weight is 320 g/mol. The van der Waals surface area contributed by atoms with Crippen molar-refractivity contribution in [3.8, 4) is 17.6 Å². The molecule has 0 aliphatic heterocycles. The Balaban J connectivity index is 2.13. The number of hydrogen-bond acceptors (Lipinski definition) is 6. The Labute approximate surface area is 136 Å². The summed E-state index contributed by atoms with van der Waals surface area (Å²) in [5.41, 5.74) is 1.66. The Bertz CT molecular complexity index is 1120. The van der Waals surface area contributed by atoms with E-state index in [1.165, 1.54) is 24.3 Å². The summed E-state index contributed by atoms with van der Waals surface area (Å²) in [5.74, 6) is -1.01. The normalized spacial score (nSPS) is 12.9. The van der Waals surface area contributed by atoms with Crippen molar-refractivity contribution in [2.24, 2.45) is 0 Å². The summed E-state index contributed by atoms with van der Waals surface area (Å²) in [4.78, 5) is 4.08. The minimum Gasteiger partial charge on any atom is -0.506 e. The third-order valence-electron chi connectivity index (χ3n) is 3.39. The smallest absolute Gasteiger partial charge is 0.212 e. The number of aromatic nitrogens is 1. The van der Waals surface area contributed by atoms with Gasteiger partial charge in [0.2, 0.25) is 5.55 Å². The summed E-state index contributed by atoms with van der Waals surface area (Å²) in [6.07, 6.45) is 1.48. The van der Waals surface area contributed by atoms with E-state index in [4.69, 9.17) is 4.42 Å². The lowest BCUT2D eigenvalue weighted by atomic mass is 10.1. The van der Waals surface area contributed by atoms with Crippen molar-refractivity contribution in [2.45, 2.75) is 0 Å². The van der Waals surface area contributed by atoms with Crippen LogP contribution in [0.4, 0.5) is 0 Å². The first-order chi connectivity index (χ1) is 11.5. The van der Waals surface area contributed by atoms with Crippen LogP contribution in [0.1, 0.15) is 5.56 Å². The fourth-order valence-electron chi connectivity index (χ4n) is 2.23. The van der Waals surface area contributed by atoms with Crippen molar-refractivity contribution in [1.29, 1.82) is 5.26 Å². The molecule has 6 heteroatoms. The quantitative estimate of drug-likeness (QED) is 0.378. The van der Waals surface area contributed by atoms with Gasteiger partial charge in [0.15, 0.2) is 17.1 Å². The van der Waals surface area contributed by atoms with E-state index in [-0.39, 0.29) is 28.4 Å². The highest BCUT2D eigenvalue weighted by Gasteiger charge is 2.09. The van der Waals surface area contributed by atoms with Gasteiger partial charge in [-0.25, -0.2) is 4.98 Å². The van der Waals surface area contributed by atoms with Gasteiger partial charge in [-0.3, -0.25) is 0 Å². The zero-order valence-corrected chi connectivity index (χ0v) is 12.4. The highest BCUT2D eigenvalue weighted by Crippen LogP contribution is 2.28. The second kappa shape index (κ2) is 5.82. The van der Waals surface area contributed by atoms with Crippen LogP contribution < -0.4 is 10.8 Å². The third-order valence-corrected chi connectivity index (χ3v) is 3.39. The van der Waals surface area contributed by atoms with Crippen molar-refractivity contribution in [2.75, 3.05) is 0 Å². The summed E-state index contributed by atoms with van der Waals surface area (Å²) >= 11 is 0. The molecule has 0 radical (unpaired) electrons. The number of aromatic hydroxyl groups is 2. The molecule has 0 saturated carbocycles. The van der Waals surface area contributed by atoms with Crippen molar-refractivity contribution in [3.05, 3.63) is 58.3 Å². The Morgan fingerprint density at radius 2 is 1.96 bits per heavy atom. The number of aliphatic hydroxyl groups excluding tert-OH is 1. The van der Waals surface area contributed by atoms with E-state index >= 15 is 0 Å². The number of oxazole rings is 1. The molecule has 3 aromatic rings. The van der Waals surface area contributed by atoms with E-state index in [1.54, 1.807) is 18.2 Å². The molecule has 24 heavy (non-hydrogen) atoms. The number of rotatable bonds is 2. The van der Waals surface area contributed by atoms with E-state index in [9.17, 15) is 20.6 Å². The van der Waals surface area contributed by atoms with Crippen molar-refractivity contribution < 1.29 is 19.7 Å². The Hall–Kier alpha value is -3.72. The number of nitriles is 1. The first kappa shape index (κ1) is 15.2. The molecule has 0 aliphatic rings. The molecule has 0 spiro atoms. The summed E-state index contributed by atoms with van der Waals surface area (Å²) in [5, 5.41) is 39.0. The van der Waals surface area contributed by atoms with Gasteiger partial charge in [-0.05, 0) is 48.2 Å². The lowest BCUT2D eigenvalue weighted by molar-refractivity contribution is 0.403. The molecular formula is C18H12N2O4. The molecule has 0 saturated heterocycles. The van der Waals surface area contributed by atoms with Gasteiger partial charge < -0.3 is 19.7 Å². The summed E-state index contributed by atoms with van der Waals surface area (Å²) < 4.78 is 5.33. The Morgan fingerprint density at radius 1 is 1.17 bits per heavy atom. The van der Waals surface area contributed by atoms with E-state index in [1.807, 2.05) is 6.07 Å². The molecule has 0 bridgehead atoms. The van der Waals surface area contributed by atoms with Crippen molar-refractivity contribution in [1.82, 2.24) is 4.98 Å². The zero-order chi connectivity index (χ0) is 17.3. The fraction of sp³-hybridized carbons (Fsp3) is 0. The van der Waals surface area contributed by atoms with Gasteiger partial charge in [-0.2, -0.15) is 5.26 Å². The second-order valence-electron chi connectivity index (χ2n) is 5.06. The predicted octanol–water partition coefficient (Wildman–Crippen LogP) is 1.92. The second-order valence-corrected chi connectivity index (χ2v) is 5.06. The largest absolute Gasteiger partial charge is 0.506 e. The molecule has 1 aromatic heterocycles. The monoisotopic (exact) mass is 320 g/mol. The molecule has 0 fully saturated rings. The Morgan fingerprint density at radius 3 is 2.67 bits per heavy atom. The fourth-order valence-corrected chi connectivity index (χ4v) is 2.23. The number of allylic oxidation sites excluding steroid dienone is 1. The molecule has 1 heterocycles. The number of phenolic OH excluding ortho intramolecular Hbond substituents is 2. The van der Waals surface area contributed by atoms with Gasteiger partial charge in [0.05, 0.1) is 5.57 Å². The van der Waals surface area contributed by atoms with Crippen LogP contribution in [-0.4, -0.2) is 20.3 Å². The third kappa shape index (κ3) is 2.78. The van der Waals surface area contributed by atoms with Gasteiger partial charge in [-0.15, -0.1) is 0 Å². The minimum absolute atomic E-state index is 0.00574. The van der Waals surface area contributed by atoms with E-state index < -0.39 is 0 Å². The molecule has 0 atom stereocenters. The van der Waals surface area contributed by atoms with Crippen LogP contribution >= 0.6 is 0 Å². The van der Waals surface area contributed by atoms with E-state index in [0.717, 1.165) is 0 Å². The standard InChI is InChI=1S/C18H12N2O4/c1-10-20-14-4-2-11(7-17(14)24-10)6-13(9-19)18(23)12-3-5-15(21)16(22)8-12/h2-8,21-23H,1H2. The molecular weight excluding hydrogens is 308 g/mol. The van der Waals surface area contributed by atoms with Crippen molar-refractivity contribution in [3.63, 3.8) is 0 Å². The van der Waals surface area contributed by atoms with E-state index in [2.05, 4.69) is 11.6 Å². The van der Waals surface area contributed by atoms with Gasteiger partial charge in [0.1, 0.15) is 17.3 Å². The lowest BCUT2D eigenvalue weighted by Gasteiger charge is -2.04. The minimum atomic E-state index is -0.387. The molecule has 0 amide bonds. The number of aliphatic hydroxyl groups is 1. The van der Waals surface area contributed by atoms with E-state index in [0.29, 0.717) is 21.9 Å². The molecule has 3 N–H and O–H groups in total. The maximum absolute atomic E-state index is 10.3. The van der Waals surface area contributed by atoms with Crippen LogP contribution in [0.3, 0.4) is 0 Å². The van der Waals surface area contributed by atoms with Crippen LogP contribution in [0.25, 0.3) is 29.5 Å². The maximum atomic E-state index is 10.3. The average Bonchev–Trinajstić information content (AvgIpc) is 2.93. The zero-order valence-electron chi connectivity index (χ0n) is 12.4. The predicted molar refractivity (Wildman–Crippen MR) is 88.2 cm³/mol. The molecule has 0 aliphatic carbocycles. The first-order valence-electron chi connectivity index (χ1n) is 6.91. The molecule has 3 rings (SSSR count). The number of hydrogen-bond donors (Lipinski definition) is 3. The van der Waals surface area contributed by atoms with Crippen LogP contribution in [0, 0.1) is 11.3 Å². The SMILES string of the molecule is C=c1nc2ccc(=CC(C#N)=C(O)c3ccc(O)c(O)c3)cc2o1. The lowest BCUT2D eigenvalue weighted by Crippen LogP contribution is -2.00. The molecule has 118 valence electrons. The number of benzene rings is 2. The highest BCUT2D eigenvalue weighted by molar-refractivity contribution is 5.78. The maximum Gasteiger partial charge on any atom is 0.212 e. The van der Waals surface area contributed by atoms with Crippen molar-refractivity contribution >= 4 is 29.5 Å². The van der Waals surface area contributed by atoms with Crippen LogP contribution in [0.2, 0.25) is 0 Å². The summed E-state index contributed by atoms with van der Waals surface area (Å²) in [7, 11) is 0. The van der Waals surface area contributed by atoms with Crippen LogP contribution in [0.5, 0.6) is 11.5 Å². The Kier molecular flexibility index (Phi) is 3.68. The number of fused-ring (bicyclic) bond motifs is 1.